The molecule has 0 aromatic heterocycles. The maximum atomic E-state index is 12.9. The molecule has 0 heterocycles. The van der Waals surface area contributed by atoms with Crippen LogP contribution in [0.5, 0.6) is 0 Å². The van der Waals surface area contributed by atoms with E-state index < -0.39 is 12.1 Å². The van der Waals surface area contributed by atoms with Crippen molar-refractivity contribution < 1.29 is 28.6 Å². The van der Waals surface area contributed by atoms with Crippen LogP contribution in [0.1, 0.15) is 278 Å². The minimum Gasteiger partial charge on any atom is -0.462 e. The zero-order valence-electron chi connectivity index (χ0n) is 49.9. The number of carbonyl (C=O) groups is 3. The quantitative estimate of drug-likeness (QED) is 0.0261. The number of esters is 3. The van der Waals surface area contributed by atoms with Gasteiger partial charge < -0.3 is 14.2 Å². The zero-order valence-corrected chi connectivity index (χ0v) is 49.9. The largest absolute Gasteiger partial charge is 0.462 e. The highest BCUT2D eigenvalue weighted by Gasteiger charge is 2.19. The molecule has 0 saturated heterocycles. The van der Waals surface area contributed by atoms with E-state index in [0.29, 0.717) is 19.3 Å². The molecule has 0 amide bonds. The van der Waals surface area contributed by atoms with Gasteiger partial charge in [-0.05, 0) is 122 Å². The molecule has 0 radical (unpaired) electrons. The van der Waals surface area contributed by atoms with Crippen LogP contribution in [-0.4, -0.2) is 37.2 Å². The predicted molar refractivity (Wildman–Crippen MR) is 334 cm³/mol. The summed E-state index contributed by atoms with van der Waals surface area (Å²) in [5.74, 6) is -1.02. The lowest BCUT2D eigenvalue weighted by Gasteiger charge is -2.18. The molecule has 0 fully saturated rings. The number of ether oxygens (including phenoxy) is 3. The van der Waals surface area contributed by atoms with Gasteiger partial charge in [-0.15, -0.1) is 0 Å². The summed E-state index contributed by atoms with van der Waals surface area (Å²) in [4.78, 5) is 38.3. The number of unbranched alkanes of at least 4 members (excludes halogenated alkanes) is 23. The third kappa shape index (κ3) is 62.3. The van der Waals surface area contributed by atoms with Crippen LogP contribution >= 0.6 is 0 Å². The van der Waals surface area contributed by atoms with E-state index in [9.17, 15) is 14.4 Å². The van der Waals surface area contributed by atoms with Crippen molar-refractivity contribution in [3.05, 3.63) is 134 Å². The molecule has 0 aliphatic heterocycles. The number of rotatable bonds is 56. The highest BCUT2D eigenvalue weighted by Crippen LogP contribution is 2.15. The zero-order chi connectivity index (χ0) is 55.7. The Morgan fingerprint density at radius 2 is 0.532 bits per heavy atom. The second-order valence-corrected chi connectivity index (χ2v) is 20.5. The molecule has 436 valence electrons. The summed E-state index contributed by atoms with van der Waals surface area (Å²) in [6, 6.07) is 0. The molecule has 6 nitrogen and oxygen atoms in total. The fourth-order valence-electron chi connectivity index (χ4n) is 8.45. The number of carbonyl (C=O) groups excluding carboxylic acids is 3. The van der Waals surface area contributed by atoms with Crippen molar-refractivity contribution in [3.8, 4) is 0 Å². The fraction of sp³-hybridized carbons (Fsp3) is 0.648. The molecule has 1 atom stereocenters. The first kappa shape index (κ1) is 72.5. The van der Waals surface area contributed by atoms with Crippen LogP contribution in [0.2, 0.25) is 0 Å². The van der Waals surface area contributed by atoms with Crippen molar-refractivity contribution >= 4 is 17.9 Å². The molecule has 77 heavy (non-hydrogen) atoms. The van der Waals surface area contributed by atoms with Crippen LogP contribution in [0.25, 0.3) is 0 Å². The normalized spacial score (nSPS) is 13.0. The summed E-state index contributed by atoms with van der Waals surface area (Å²) in [5, 5.41) is 0. The van der Waals surface area contributed by atoms with Gasteiger partial charge in [0, 0.05) is 19.3 Å². The van der Waals surface area contributed by atoms with Gasteiger partial charge in [-0.1, -0.05) is 270 Å². The molecule has 0 spiro atoms. The molecule has 0 aliphatic rings. The van der Waals surface area contributed by atoms with Crippen molar-refractivity contribution in [2.75, 3.05) is 13.2 Å². The smallest absolute Gasteiger partial charge is 0.306 e. The van der Waals surface area contributed by atoms with E-state index in [1.807, 2.05) is 6.08 Å². The van der Waals surface area contributed by atoms with Crippen molar-refractivity contribution in [2.24, 2.45) is 0 Å². The van der Waals surface area contributed by atoms with Crippen LogP contribution < -0.4 is 0 Å². The monoisotopic (exact) mass is 1060 g/mol. The van der Waals surface area contributed by atoms with Gasteiger partial charge in [-0.2, -0.15) is 0 Å². The summed E-state index contributed by atoms with van der Waals surface area (Å²) in [6.45, 7) is 6.35. The highest BCUT2D eigenvalue weighted by atomic mass is 16.6. The van der Waals surface area contributed by atoms with Crippen molar-refractivity contribution in [1.82, 2.24) is 0 Å². The lowest BCUT2D eigenvalue weighted by Crippen LogP contribution is -2.30. The Kier molecular flexibility index (Phi) is 60.4. The van der Waals surface area contributed by atoms with E-state index in [-0.39, 0.29) is 31.6 Å². The molecular formula is C71H116O6. The van der Waals surface area contributed by atoms with Crippen molar-refractivity contribution in [2.45, 2.75) is 284 Å². The Balaban J connectivity index is 4.52. The first-order valence-corrected chi connectivity index (χ1v) is 31.7. The Bertz CT molecular complexity index is 1650. The van der Waals surface area contributed by atoms with Crippen LogP contribution in [0.15, 0.2) is 134 Å². The average molecular weight is 1070 g/mol. The van der Waals surface area contributed by atoms with Crippen molar-refractivity contribution in [3.63, 3.8) is 0 Å². The minimum atomic E-state index is -0.832. The van der Waals surface area contributed by atoms with Crippen molar-refractivity contribution in [1.29, 1.82) is 0 Å². The first-order chi connectivity index (χ1) is 38.0. The molecule has 0 bridgehead atoms. The molecule has 0 rings (SSSR count). The standard InChI is InChI=1S/C71H116O6/c1-4-7-10-13-16-19-22-25-28-31-34-35-38-40-43-46-49-52-55-58-61-64-70(73)76-67-68(77-71(74)65-62-59-56-53-50-47-44-41-37-33-30-27-24-21-18-15-12-9-6-3)66-75-69(72)63-60-57-54-51-48-45-42-39-36-32-29-26-23-20-17-14-11-8-5-2/h8-9,11-12,17-18,20-21,26-27,29-31,34,36-37,39,41,47,50,56,59,68H,4-7,10,13-16,19,22-25,28,32-33,35,38,40,42-46,48-49,51-55,57-58,60-67H2,1-3H3/b11-8-,12-9-,20-17-,21-18-,29-26-,30-27-,34-31-,39-36-,41-37-,50-47-,59-56-. The summed E-state index contributed by atoms with van der Waals surface area (Å²) >= 11 is 0. The van der Waals surface area contributed by atoms with Crippen LogP contribution in [0.3, 0.4) is 0 Å². The maximum Gasteiger partial charge on any atom is 0.306 e. The lowest BCUT2D eigenvalue weighted by molar-refractivity contribution is -0.166. The third-order valence-electron chi connectivity index (χ3n) is 13.1. The van der Waals surface area contributed by atoms with Gasteiger partial charge in [-0.25, -0.2) is 0 Å². The third-order valence-corrected chi connectivity index (χ3v) is 13.1. The number of hydrogen-bond donors (Lipinski definition) is 0. The molecule has 0 N–H and O–H groups in total. The SMILES string of the molecule is CC/C=C\C/C=C\C/C=C\C/C=C\C/C=C\C/C=C\CCC(=O)OC(COC(=O)CCCCCCCC/C=C\C/C=C\C/C=C\C/C=C\CC)COC(=O)CCCCCCCCCCC/C=C\CCCCCCCCCC. The Morgan fingerprint density at radius 3 is 0.857 bits per heavy atom. The second kappa shape index (κ2) is 64.1. The predicted octanol–water partition coefficient (Wildman–Crippen LogP) is 21.8. The molecule has 1 unspecified atom stereocenters. The van der Waals surface area contributed by atoms with Crippen LogP contribution in [0.4, 0.5) is 0 Å². The molecule has 0 saturated carbocycles. The number of allylic oxidation sites excluding steroid dienone is 22. The number of hydrogen-bond acceptors (Lipinski definition) is 6. The molecular weight excluding hydrogens is 949 g/mol. The fourth-order valence-corrected chi connectivity index (χ4v) is 8.45. The Morgan fingerprint density at radius 1 is 0.273 bits per heavy atom. The maximum absolute atomic E-state index is 12.9. The van der Waals surface area contributed by atoms with Gasteiger partial charge in [0.25, 0.3) is 0 Å². The topological polar surface area (TPSA) is 78.9 Å². The molecule has 0 aromatic rings. The van der Waals surface area contributed by atoms with E-state index in [1.165, 1.54) is 116 Å². The van der Waals surface area contributed by atoms with Gasteiger partial charge in [0.2, 0.25) is 0 Å². The summed E-state index contributed by atoms with van der Waals surface area (Å²) in [7, 11) is 0. The van der Waals surface area contributed by atoms with Gasteiger partial charge >= 0.3 is 17.9 Å². The molecule has 0 aliphatic carbocycles. The molecule has 0 aromatic carbocycles. The Labute approximate surface area is 475 Å². The average Bonchev–Trinajstić information content (AvgIpc) is 3.43. The van der Waals surface area contributed by atoms with Crippen LogP contribution in [0, 0.1) is 0 Å². The van der Waals surface area contributed by atoms with Gasteiger partial charge in [0.15, 0.2) is 6.10 Å². The van der Waals surface area contributed by atoms with Crippen LogP contribution in [-0.2, 0) is 28.6 Å². The minimum absolute atomic E-state index is 0.117. The highest BCUT2D eigenvalue weighted by molar-refractivity contribution is 5.71. The van der Waals surface area contributed by atoms with E-state index in [0.717, 1.165) is 116 Å². The first-order valence-electron chi connectivity index (χ1n) is 31.7. The van der Waals surface area contributed by atoms with E-state index in [4.69, 9.17) is 14.2 Å². The van der Waals surface area contributed by atoms with Gasteiger partial charge in [-0.3, -0.25) is 14.4 Å². The molecule has 6 heteroatoms. The van der Waals surface area contributed by atoms with E-state index in [2.05, 4.69) is 148 Å². The summed E-state index contributed by atoms with van der Waals surface area (Å²) in [6.07, 6.45) is 90.3. The second-order valence-electron chi connectivity index (χ2n) is 20.5. The summed E-state index contributed by atoms with van der Waals surface area (Å²) < 4.78 is 16.8. The van der Waals surface area contributed by atoms with Gasteiger partial charge in [0.1, 0.15) is 13.2 Å². The summed E-state index contributed by atoms with van der Waals surface area (Å²) in [5.41, 5.74) is 0. The van der Waals surface area contributed by atoms with E-state index in [1.54, 1.807) is 0 Å². The lowest BCUT2D eigenvalue weighted by atomic mass is 10.1. The van der Waals surface area contributed by atoms with E-state index >= 15 is 0 Å². The Hall–Kier alpha value is -4.45. The van der Waals surface area contributed by atoms with Gasteiger partial charge in [0.05, 0.1) is 0 Å².